The normalized spacial score (nSPS) is 12.8. The van der Waals surface area contributed by atoms with Crippen molar-refractivity contribution in [3.8, 4) is 5.69 Å². The monoisotopic (exact) mass is 451 g/mol. The number of benzene rings is 3. The highest BCUT2D eigenvalue weighted by Crippen LogP contribution is 2.39. The van der Waals surface area contributed by atoms with Gasteiger partial charge >= 0.3 is 0 Å². The van der Waals surface area contributed by atoms with Gasteiger partial charge in [0, 0.05) is 10.8 Å². The maximum atomic E-state index is 14.4. The van der Waals surface area contributed by atoms with Crippen LogP contribution in [-0.4, -0.2) is 4.57 Å². The van der Waals surface area contributed by atoms with Gasteiger partial charge in [0.05, 0.1) is 21.2 Å². The molecule has 0 saturated carbocycles. The lowest BCUT2D eigenvalue weighted by atomic mass is 9.85. The Morgan fingerprint density at radius 2 is 1.21 bits per heavy atom. The van der Waals surface area contributed by atoms with Crippen LogP contribution in [0.5, 0.6) is 0 Å². The maximum Gasteiger partial charge on any atom is 0.139 e. The molecule has 0 N–H and O–H groups in total. The second-order valence-corrected chi connectivity index (χ2v) is 10.7. The van der Waals surface area contributed by atoms with E-state index in [0.29, 0.717) is 4.47 Å². The van der Waals surface area contributed by atoms with Gasteiger partial charge in [0.2, 0.25) is 0 Å². The van der Waals surface area contributed by atoms with E-state index in [0.717, 1.165) is 16.7 Å². The molecule has 1 heterocycles. The van der Waals surface area contributed by atoms with Gasteiger partial charge in [0.15, 0.2) is 0 Å². The van der Waals surface area contributed by atoms with Crippen LogP contribution in [-0.2, 0) is 10.8 Å². The van der Waals surface area contributed by atoms with Crippen molar-refractivity contribution in [2.24, 2.45) is 0 Å². The predicted molar refractivity (Wildman–Crippen MR) is 126 cm³/mol. The van der Waals surface area contributed by atoms with E-state index in [2.05, 4.69) is 98.4 Å². The van der Waals surface area contributed by atoms with E-state index in [1.165, 1.54) is 28.0 Å². The fourth-order valence-electron chi connectivity index (χ4n) is 3.88. The van der Waals surface area contributed by atoms with Crippen molar-refractivity contribution < 1.29 is 4.39 Å². The summed E-state index contributed by atoms with van der Waals surface area (Å²) in [6.07, 6.45) is 0. The molecule has 4 aromatic rings. The van der Waals surface area contributed by atoms with Crippen molar-refractivity contribution in [2.45, 2.75) is 52.4 Å². The lowest BCUT2D eigenvalue weighted by molar-refractivity contribution is 0.590. The van der Waals surface area contributed by atoms with Gasteiger partial charge in [-0.05, 0) is 74.3 Å². The van der Waals surface area contributed by atoms with E-state index in [-0.39, 0.29) is 16.6 Å². The second kappa shape index (κ2) is 6.70. The van der Waals surface area contributed by atoms with Crippen LogP contribution in [0.2, 0.25) is 0 Å². The lowest BCUT2D eigenvalue weighted by Crippen LogP contribution is -2.10. The Kier molecular flexibility index (Phi) is 4.66. The van der Waals surface area contributed by atoms with Crippen molar-refractivity contribution in [3.63, 3.8) is 0 Å². The lowest BCUT2D eigenvalue weighted by Gasteiger charge is -2.19. The molecule has 0 aliphatic carbocycles. The summed E-state index contributed by atoms with van der Waals surface area (Å²) in [6, 6.07) is 18.5. The zero-order valence-corrected chi connectivity index (χ0v) is 19.5. The molecule has 1 aromatic heterocycles. The number of nitrogens with zero attached hydrogens (tertiary/aromatic N) is 1. The molecule has 0 aliphatic heterocycles. The van der Waals surface area contributed by atoms with Crippen molar-refractivity contribution >= 4 is 37.7 Å². The van der Waals surface area contributed by atoms with Crippen molar-refractivity contribution in [1.29, 1.82) is 0 Å². The zero-order valence-electron chi connectivity index (χ0n) is 17.9. The van der Waals surface area contributed by atoms with Crippen molar-refractivity contribution in [2.75, 3.05) is 0 Å². The third-order valence-corrected chi connectivity index (χ3v) is 6.45. The minimum Gasteiger partial charge on any atom is -0.308 e. The first-order valence-electron chi connectivity index (χ1n) is 10.0. The third kappa shape index (κ3) is 3.40. The minimum atomic E-state index is -0.255. The summed E-state index contributed by atoms with van der Waals surface area (Å²) in [4.78, 5) is 0. The Labute approximate surface area is 180 Å². The molecule has 3 heteroatoms. The molecule has 1 nitrogen and oxygen atoms in total. The number of halogens is 2. The molecule has 0 aliphatic rings. The summed E-state index contributed by atoms with van der Waals surface area (Å²) in [7, 11) is 0. The number of aromatic nitrogens is 1. The van der Waals surface area contributed by atoms with Crippen LogP contribution in [0.4, 0.5) is 4.39 Å². The van der Waals surface area contributed by atoms with E-state index in [9.17, 15) is 4.39 Å². The quantitative estimate of drug-likeness (QED) is 0.274. The largest absolute Gasteiger partial charge is 0.308 e. The van der Waals surface area contributed by atoms with Gasteiger partial charge in [-0.25, -0.2) is 4.39 Å². The Morgan fingerprint density at radius 1 is 0.724 bits per heavy atom. The highest BCUT2D eigenvalue weighted by atomic mass is 79.9. The van der Waals surface area contributed by atoms with Gasteiger partial charge in [-0.15, -0.1) is 0 Å². The maximum absolute atomic E-state index is 14.4. The van der Waals surface area contributed by atoms with Crippen LogP contribution < -0.4 is 0 Å². The molecule has 3 aromatic carbocycles. The number of rotatable bonds is 1. The summed E-state index contributed by atoms with van der Waals surface area (Å²) in [6.45, 7) is 13.4. The van der Waals surface area contributed by atoms with Crippen molar-refractivity contribution in [1.82, 2.24) is 4.57 Å². The topological polar surface area (TPSA) is 4.93 Å². The first kappa shape index (κ1) is 20.2. The molecule has 0 radical (unpaired) electrons. The zero-order chi connectivity index (χ0) is 21.1. The molecular weight excluding hydrogens is 425 g/mol. The molecule has 4 rings (SSSR count). The van der Waals surface area contributed by atoms with Gasteiger partial charge in [-0.1, -0.05) is 59.7 Å². The fraction of sp³-hybridized carbons (Fsp3) is 0.308. The Bertz CT molecular complexity index is 1160. The summed E-state index contributed by atoms with van der Waals surface area (Å²) in [5, 5.41) is 2.41. The van der Waals surface area contributed by atoms with Gasteiger partial charge in [0.25, 0.3) is 0 Å². The Morgan fingerprint density at radius 3 is 1.66 bits per heavy atom. The third-order valence-electron chi connectivity index (χ3n) is 5.67. The molecule has 29 heavy (non-hydrogen) atoms. The van der Waals surface area contributed by atoms with E-state index < -0.39 is 0 Å². The SMILES string of the molecule is CC(C)(C)c1ccc2c(c1)c1cc(C(C)(C)C)ccc1n2-c1cccc(F)c1Br. The molecule has 0 atom stereocenters. The minimum absolute atomic E-state index is 0.0592. The second-order valence-electron chi connectivity index (χ2n) is 9.87. The van der Waals surface area contributed by atoms with Crippen LogP contribution in [0, 0.1) is 5.82 Å². The van der Waals surface area contributed by atoms with E-state index in [1.807, 2.05) is 6.07 Å². The molecule has 0 saturated heterocycles. The highest BCUT2D eigenvalue weighted by molar-refractivity contribution is 9.10. The molecule has 0 bridgehead atoms. The van der Waals surface area contributed by atoms with E-state index in [4.69, 9.17) is 0 Å². The Hall–Kier alpha value is -2.13. The van der Waals surface area contributed by atoms with Gasteiger partial charge < -0.3 is 4.57 Å². The highest BCUT2D eigenvalue weighted by Gasteiger charge is 2.21. The van der Waals surface area contributed by atoms with Crippen LogP contribution in [0.3, 0.4) is 0 Å². The molecule has 150 valence electrons. The van der Waals surface area contributed by atoms with Crippen LogP contribution >= 0.6 is 15.9 Å². The standard InChI is InChI=1S/C26H27BrFN/c1-25(2,3)16-10-12-21-18(14-16)19-15-17(26(4,5)6)11-13-22(19)29(21)23-9-7-8-20(28)24(23)27/h7-15H,1-6H3. The van der Waals surface area contributed by atoms with E-state index in [1.54, 1.807) is 6.07 Å². The molecule has 0 fully saturated rings. The molecular formula is C26H27BrFN. The summed E-state index contributed by atoms with van der Waals surface area (Å²) in [5.74, 6) is -0.255. The predicted octanol–water partition coefficient (Wildman–Crippen LogP) is 8.28. The average Bonchev–Trinajstić information content (AvgIpc) is 2.95. The smallest absolute Gasteiger partial charge is 0.139 e. The van der Waals surface area contributed by atoms with Crippen LogP contribution in [0.25, 0.3) is 27.5 Å². The number of hydrogen-bond donors (Lipinski definition) is 0. The van der Waals surface area contributed by atoms with E-state index >= 15 is 0 Å². The number of fused-ring (bicyclic) bond motifs is 3. The molecule has 0 spiro atoms. The average molecular weight is 452 g/mol. The first-order chi connectivity index (χ1) is 13.5. The van der Waals surface area contributed by atoms with Crippen LogP contribution in [0.1, 0.15) is 52.7 Å². The Balaban J connectivity index is 2.16. The summed E-state index contributed by atoms with van der Waals surface area (Å²) in [5.41, 5.74) is 5.70. The fourth-order valence-corrected chi connectivity index (χ4v) is 4.32. The summed E-state index contributed by atoms with van der Waals surface area (Å²) < 4.78 is 17.0. The number of hydrogen-bond acceptors (Lipinski definition) is 0. The van der Waals surface area contributed by atoms with Crippen LogP contribution in [0.15, 0.2) is 59.1 Å². The summed E-state index contributed by atoms with van der Waals surface area (Å²) >= 11 is 3.47. The van der Waals surface area contributed by atoms with Gasteiger partial charge in [0.1, 0.15) is 5.82 Å². The van der Waals surface area contributed by atoms with Gasteiger partial charge in [-0.2, -0.15) is 0 Å². The molecule has 0 amide bonds. The van der Waals surface area contributed by atoms with Crippen molar-refractivity contribution in [3.05, 3.63) is 76.0 Å². The first-order valence-corrected chi connectivity index (χ1v) is 10.8. The van der Waals surface area contributed by atoms with Gasteiger partial charge in [-0.3, -0.25) is 0 Å². The molecule has 0 unspecified atom stereocenters.